The van der Waals surface area contributed by atoms with Crippen molar-refractivity contribution < 1.29 is 4.79 Å². The van der Waals surface area contributed by atoms with E-state index in [9.17, 15) is 4.79 Å². The van der Waals surface area contributed by atoms with E-state index in [0.29, 0.717) is 23.7 Å². The van der Waals surface area contributed by atoms with Crippen molar-refractivity contribution in [1.29, 1.82) is 0 Å². The molecular weight excluding hydrogens is 364 g/mol. The summed E-state index contributed by atoms with van der Waals surface area (Å²) in [5.41, 5.74) is 0.660. The quantitative estimate of drug-likeness (QED) is 0.696. The van der Waals surface area contributed by atoms with Crippen molar-refractivity contribution in [2.75, 3.05) is 31.1 Å². The summed E-state index contributed by atoms with van der Waals surface area (Å²) in [4.78, 5) is 20.8. The lowest BCUT2D eigenvalue weighted by Crippen LogP contribution is -2.49. The molecule has 3 heterocycles. The highest BCUT2D eigenvalue weighted by molar-refractivity contribution is 6.30. The second-order valence-electron chi connectivity index (χ2n) is 6.38. The van der Waals surface area contributed by atoms with Crippen molar-refractivity contribution in [3.05, 3.63) is 65.2 Å². The van der Waals surface area contributed by atoms with Crippen molar-refractivity contribution in [1.82, 2.24) is 24.6 Å². The van der Waals surface area contributed by atoms with Gasteiger partial charge in [-0.05, 0) is 43.3 Å². The van der Waals surface area contributed by atoms with Crippen molar-refractivity contribution in [2.24, 2.45) is 0 Å². The number of rotatable bonds is 3. The first-order valence-electron chi connectivity index (χ1n) is 8.76. The summed E-state index contributed by atoms with van der Waals surface area (Å²) in [7, 11) is 0. The molecule has 0 aliphatic carbocycles. The number of amides is 1. The zero-order valence-electron chi connectivity index (χ0n) is 14.9. The van der Waals surface area contributed by atoms with E-state index in [2.05, 4.69) is 20.1 Å². The van der Waals surface area contributed by atoms with E-state index < -0.39 is 0 Å². The number of benzene rings is 1. The summed E-state index contributed by atoms with van der Waals surface area (Å²) in [6.07, 6.45) is 3.60. The molecule has 0 unspecified atom stereocenters. The molecule has 1 aliphatic rings. The molecular formula is C19H19ClN6O. The minimum Gasteiger partial charge on any atom is -0.352 e. The fraction of sp³-hybridized carbons (Fsp3) is 0.263. The van der Waals surface area contributed by atoms with Gasteiger partial charge in [-0.15, -0.1) is 10.2 Å². The lowest BCUT2D eigenvalue weighted by Gasteiger charge is -2.35. The van der Waals surface area contributed by atoms with E-state index in [4.69, 9.17) is 11.6 Å². The molecule has 3 aromatic rings. The van der Waals surface area contributed by atoms with Crippen LogP contribution in [0.15, 0.2) is 48.8 Å². The van der Waals surface area contributed by atoms with E-state index in [1.807, 2.05) is 34.7 Å². The zero-order valence-corrected chi connectivity index (χ0v) is 15.7. The van der Waals surface area contributed by atoms with Gasteiger partial charge in [0.2, 0.25) is 0 Å². The van der Waals surface area contributed by atoms with Crippen LogP contribution in [0.2, 0.25) is 5.02 Å². The Bertz CT molecular complexity index is 930. The average Bonchev–Trinajstić information content (AvgIpc) is 3.14. The molecule has 7 nitrogen and oxygen atoms in total. The van der Waals surface area contributed by atoms with E-state index in [1.54, 1.807) is 30.5 Å². The van der Waals surface area contributed by atoms with Crippen molar-refractivity contribution in [2.45, 2.75) is 6.92 Å². The third kappa shape index (κ3) is 3.64. The zero-order chi connectivity index (χ0) is 18.8. The van der Waals surface area contributed by atoms with Gasteiger partial charge in [-0.25, -0.2) is 4.98 Å². The van der Waals surface area contributed by atoms with Gasteiger partial charge in [-0.1, -0.05) is 11.6 Å². The molecule has 1 amide bonds. The lowest BCUT2D eigenvalue weighted by atomic mass is 10.2. The normalized spacial score (nSPS) is 14.4. The first-order valence-corrected chi connectivity index (χ1v) is 9.13. The highest BCUT2D eigenvalue weighted by atomic mass is 35.5. The summed E-state index contributed by atoms with van der Waals surface area (Å²) in [6.45, 7) is 4.65. The number of imidazole rings is 1. The molecule has 1 saturated heterocycles. The van der Waals surface area contributed by atoms with Gasteiger partial charge in [-0.2, -0.15) is 0 Å². The summed E-state index contributed by atoms with van der Waals surface area (Å²) in [5.74, 6) is 2.45. The third-order valence-electron chi connectivity index (χ3n) is 4.69. The maximum absolute atomic E-state index is 12.6. The Morgan fingerprint density at radius 3 is 2.22 bits per heavy atom. The Morgan fingerprint density at radius 1 is 0.963 bits per heavy atom. The molecule has 4 rings (SSSR count). The summed E-state index contributed by atoms with van der Waals surface area (Å²) >= 11 is 5.89. The summed E-state index contributed by atoms with van der Waals surface area (Å²) < 4.78 is 1.89. The van der Waals surface area contributed by atoms with Gasteiger partial charge in [-0.3, -0.25) is 9.36 Å². The molecule has 0 bridgehead atoms. The smallest absolute Gasteiger partial charge is 0.253 e. The monoisotopic (exact) mass is 382 g/mol. The molecule has 138 valence electrons. The Labute approximate surface area is 162 Å². The van der Waals surface area contributed by atoms with Crippen LogP contribution in [0.1, 0.15) is 16.2 Å². The summed E-state index contributed by atoms with van der Waals surface area (Å²) in [5, 5.41) is 9.28. The Balaban J connectivity index is 1.39. The number of anilines is 1. The van der Waals surface area contributed by atoms with Crippen molar-refractivity contribution in [3.8, 4) is 5.82 Å². The van der Waals surface area contributed by atoms with Crippen LogP contribution in [0, 0.1) is 6.92 Å². The van der Waals surface area contributed by atoms with E-state index in [1.165, 1.54) is 0 Å². The second kappa shape index (κ2) is 7.36. The predicted molar refractivity (Wildman–Crippen MR) is 103 cm³/mol. The molecule has 1 aliphatic heterocycles. The second-order valence-corrected chi connectivity index (χ2v) is 6.82. The molecule has 2 aromatic heterocycles. The predicted octanol–water partition coefficient (Wildman–Crippen LogP) is 2.59. The van der Waals surface area contributed by atoms with E-state index >= 15 is 0 Å². The number of nitrogens with zero attached hydrogens (tertiary/aromatic N) is 6. The Morgan fingerprint density at radius 2 is 1.63 bits per heavy atom. The van der Waals surface area contributed by atoms with Crippen LogP contribution in [0.4, 0.5) is 5.82 Å². The minimum atomic E-state index is 0.0309. The number of hydrogen-bond donors (Lipinski definition) is 0. The number of aromatic nitrogens is 4. The van der Waals surface area contributed by atoms with Crippen LogP contribution >= 0.6 is 11.6 Å². The molecule has 0 saturated carbocycles. The average molecular weight is 383 g/mol. The van der Waals surface area contributed by atoms with Gasteiger partial charge in [0.15, 0.2) is 11.6 Å². The number of carbonyl (C=O) groups is 1. The van der Waals surface area contributed by atoms with Crippen LogP contribution in [0.5, 0.6) is 0 Å². The van der Waals surface area contributed by atoms with Gasteiger partial charge in [0.25, 0.3) is 5.91 Å². The first kappa shape index (κ1) is 17.5. The fourth-order valence-corrected chi connectivity index (χ4v) is 3.28. The Kier molecular flexibility index (Phi) is 4.77. The van der Waals surface area contributed by atoms with Gasteiger partial charge in [0.05, 0.1) is 0 Å². The Hall–Kier alpha value is -2.93. The third-order valence-corrected chi connectivity index (χ3v) is 4.94. The van der Waals surface area contributed by atoms with Crippen LogP contribution in [0.3, 0.4) is 0 Å². The molecule has 0 spiro atoms. The lowest BCUT2D eigenvalue weighted by molar-refractivity contribution is 0.0746. The van der Waals surface area contributed by atoms with Crippen LogP contribution in [-0.2, 0) is 0 Å². The molecule has 27 heavy (non-hydrogen) atoms. The number of aryl methyl sites for hydroxylation is 1. The van der Waals surface area contributed by atoms with Gasteiger partial charge in [0.1, 0.15) is 5.82 Å². The number of carbonyl (C=O) groups excluding carboxylic acids is 1. The van der Waals surface area contributed by atoms with Crippen LogP contribution in [-0.4, -0.2) is 56.7 Å². The standard InChI is InChI=1S/C19H19ClN6O/c1-14-21-8-9-26(14)18-7-6-17(22-23-18)24-10-12-25(13-11-24)19(27)15-2-4-16(20)5-3-15/h2-9H,10-13H2,1H3. The van der Waals surface area contributed by atoms with Crippen molar-refractivity contribution in [3.63, 3.8) is 0 Å². The number of halogens is 1. The molecule has 1 fully saturated rings. The van der Waals surface area contributed by atoms with Gasteiger partial charge >= 0.3 is 0 Å². The van der Waals surface area contributed by atoms with Crippen LogP contribution < -0.4 is 4.90 Å². The topological polar surface area (TPSA) is 67.2 Å². The summed E-state index contributed by atoms with van der Waals surface area (Å²) in [6, 6.07) is 10.9. The largest absolute Gasteiger partial charge is 0.352 e. The van der Waals surface area contributed by atoms with Gasteiger partial charge < -0.3 is 9.80 Å². The minimum absolute atomic E-state index is 0.0309. The fourth-order valence-electron chi connectivity index (χ4n) is 3.15. The SMILES string of the molecule is Cc1nccn1-c1ccc(N2CCN(C(=O)c3ccc(Cl)cc3)CC2)nn1. The number of piperazine rings is 1. The van der Waals surface area contributed by atoms with Crippen LogP contribution in [0.25, 0.3) is 5.82 Å². The van der Waals surface area contributed by atoms with Crippen molar-refractivity contribution >= 4 is 23.3 Å². The first-order chi connectivity index (χ1) is 13.1. The van der Waals surface area contributed by atoms with E-state index in [-0.39, 0.29) is 5.91 Å². The highest BCUT2D eigenvalue weighted by Gasteiger charge is 2.23. The molecule has 0 N–H and O–H groups in total. The highest BCUT2D eigenvalue weighted by Crippen LogP contribution is 2.17. The molecule has 1 aromatic carbocycles. The molecule has 8 heteroatoms. The number of hydrogen-bond acceptors (Lipinski definition) is 5. The maximum Gasteiger partial charge on any atom is 0.253 e. The van der Waals surface area contributed by atoms with E-state index in [0.717, 1.165) is 30.5 Å². The molecule has 0 radical (unpaired) electrons. The molecule has 0 atom stereocenters. The maximum atomic E-state index is 12.6. The van der Waals surface area contributed by atoms with Gasteiger partial charge in [0, 0.05) is 49.2 Å².